The van der Waals surface area contributed by atoms with E-state index < -0.39 is 0 Å². The molecule has 0 aliphatic heterocycles. The fraction of sp³-hybridized carbons (Fsp3) is 0.360. The average Bonchev–Trinajstić information content (AvgIpc) is 3.14. The summed E-state index contributed by atoms with van der Waals surface area (Å²) in [6.45, 7) is 5.16. The van der Waals surface area contributed by atoms with Gasteiger partial charge in [-0.2, -0.15) is 5.10 Å². The number of hydrogen-bond acceptors (Lipinski definition) is 4. The summed E-state index contributed by atoms with van der Waals surface area (Å²) in [7, 11) is 5.26. The fourth-order valence-corrected chi connectivity index (χ4v) is 4.45. The van der Waals surface area contributed by atoms with E-state index in [1.165, 1.54) is 16.3 Å². The van der Waals surface area contributed by atoms with E-state index in [-0.39, 0.29) is 11.9 Å². The molecule has 31 heavy (non-hydrogen) atoms. The van der Waals surface area contributed by atoms with Crippen molar-refractivity contribution in [3.05, 3.63) is 71.6 Å². The summed E-state index contributed by atoms with van der Waals surface area (Å²) < 4.78 is 7.58. The summed E-state index contributed by atoms with van der Waals surface area (Å²) in [6, 6.07) is 12.8. The normalized spacial score (nSPS) is 15.5. The summed E-state index contributed by atoms with van der Waals surface area (Å²) in [5, 5.41) is 10.8. The highest BCUT2D eigenvalue weighted by atomic mass is 16.5. The van der Waals surface area contributed by atoms with Gasteiger partial charge in [-0.15, -0.1) is 6.58 Å². The lowest BCUT2D eigenvalue weighted by atomic mass is 9.90. The van der Waals surface area contributed by atoms with Gasteiger partial charge in [0.05, 0.1) is 13.7 Å². The largest absolute Gasteiger partial charge is 0.496 e. The van der Waals surface area contributed by atoms with Gasteiger partial charge in [-0.25, -0.2) is 0 Å². The zero-order valence-electron chi connectivity index (χ0n) is 18.5. The van der Waals surface area contributed by atoms with Crippen molar-refractivity contribution in [2.75, 3.05) is 21.2 Å². The SMILES string of the molecule is C=CCn1nc(C(=O)N(C)C)c2c1CCC(NCc1c(OC)ccc3ccccc13)C2. The molecule has 1 N–H and O–H groups in total. The standard InChI is InChI=1S/C25H30N4O2/c1-5-14-29-22-12-11-18(15-20(22)24(27-29)25(30)28(2)3)26-16-21-19-9-7-6-8-17(19)10-13-23(21)31-4/h5-10,13,18,26H,1,11-12,14-16H2,2-4H3. The van der Waals surface area contributed by atoms with E-state index in [4.69, 9.17) is 4.74 Å². The third-order valence-corrected chi connectivity index (χ3v) is 6.04. The highest BCUT2D eigenvalue weighted by Crippen LogP contribution is 2.30. The van der Waals surface area contributed by atoms with Crippen LogP contribution in [0.5, 0.6) is 5.75 Å². The number of hydrogen-bond donors (Lipinski definition) is 1. The third kappa shape index (κ3) is 4.08. The minimum Gasteiger partial charge on any atom is -0.496 e. The zero-order chi connectivity index (χ0) is 22.0. The number of amides is 1. The van der Waals surface area contributed by atoms with Gasteiger partial charge in [0.2, 0.25) is 0 Å². The van der Waals surface area contributed by atoms with Crippen molar-refractivity contribution >= 4 is 16.7 Å². The van der Waals surface area contributed by atoms with Gasteiger partial charge < -0.3 is 15.0 Å². The van der Waals surface area contributed by atoms with Crippen molar-refractivity contribution in [3.8, 4) is 5.75 Å². The molecule has 0 bridgehead atoms. The smallest absolute Gasteiger partial charge is 0.274 e. The predicted octanol–water partition coefficient (Wildman–Crippen LogP) is 3.58. The Kier molecular flexibility index (Phi) is 6.09. The van der Waals surface area contributed by atoms with Crippen LogP contribution in [-0.4, -0.2) is 47.8 Å². The van der Waals surface area contributed by atoms with Crippen molar-refractivity contribution in [3.63, 3.8) is 0 Å². The molecule has 1 aliphatic carbocycles. The Morgan fingerprint density at radius 3 is 2.87 bits per heavy atom. The minimum atomic E-state index is -0.0459. The van der Waals surface area contributed by atoms with E-state index in [0.717, 1.165) is 36.3 Å². The van der Waals surface area contributed by atoms with Gasteiger partial charge in [0.25, 0.3) is 5.91 Å². The quantitative estimate of drug-likeness (QED) is 0.596. The van der Waals surface area contributed by atoms with Gasteiger partial charge >= 0.3 is 0 Å². The highest BCUT2D eigenvalue weighted by Gasteiger charge is 2.29. The monoisotopic (exact) mass is 418 g/mol. The van der Waals surface area contributed by atoms with Crippen LogP contribution >= 0.6 is 0 Å². The van der Waals surface area contributed by atoms with Gasteiger partial charge in [0.1, 0.15) is 5.75 Å². The Labute approximate surface area is 183 Å². The van der Waals surface area contributed by atoms with E-state index in [1.807, 2.05) is 16.8 Å². The maximum Gasteiger partial charge on any atom is 0.274 e. The molecule has 1 atom stereocenters. The van der Waals surface area contributed by atoms with Crippen LogP contribution in [0.4, 0.5) is 0 Å². The molecule has 0 saturated heterocycles. The Bertz CT molecular complexity index is 1120. The number of fused-ring (bicyclic) bond motifs is 2. The Morgan fingerprint density at radius 2 is 2.13 bits per heavy atom. The lowest BCUT2D eigenvalue weighted by molar-refractivity contribution is 0.0820. The molecule has 1 unspecified atom stereocenters. The summed E-state index contributed by atoms with van der Waals surface area (Å²) in [4.78, 5) is 14.3. The topological polar surface area (TPSA) is 59.4 Å². The van der Waals surface area contributed by atoms with Gasteiger partial charge in [0, 0.05) is 43.5 Å². The maximum atomic E-state index is 12.7. The van der Waals surface area contributed by atoms with Crippen molar-refractivity contribution in [1.29, 1.82) is 0 Å². The maximum absolute atomic E-state index is 12.7. The van der Waals surface area contributed by atoms with Crippen LogP contribution in [0.1, 0.15) is 33.7 Å². The van der Waals surface area contributed by atoms with E-state index in [9.17, 15) is 4.79 Å². The molecule has 1 aromatic heterocycles. The van der Waals surface area contributed by atoms with Crippen molar-refractivity contribution in [2.45, 2.75) is 38.4 Å². The molecule has 1 heterocycles. The molecule has 0 radical (unpaired) electrons. The second-order valence-electron chi connectivity index (χ2n) is 8.23. The van der Waals surface area contributed by atoms with Crippen LogP contribution < -0.4 is 10.1 Å². The van der Waals surface area contributed by atoms with Crippen LogP contribution in [0.3, 0.4) is 0 Å². The Morgan fingerprint density at radius 1 is 1.32 bits per heavy atom. The number of benzene rings is 2. The fourth-order valence-electron chi connectivity index (χ4n) is 4.45. The summed E-state index contributed by atoms with van der Waals surface area (Å²) in [5.41, 5.74) is 3.95. The molecule has 6 heteroatoms. The van der Waals surface area contributed by atoms with Crippen LogP contribution in [0, 0.1) is 0 Å². The third-order valence-electron chi connectivity index (χ3n) is 6.04. The molecular weight excluding hydrogens is 388 g/mol. The Hall–Kier alpha value is -3.12. The van der Waals surface area contributed by atoms with Crippen LogP contribution in [0.25, 0.3) is 10.8 Å². The number of rotatable bonds is 7. The second-order valence-corrected chi connectivity index (χ2v) is 8.23. The number of aromatic nitrogens is 2. The molecule has 0 fully saturated rings. The van der Waals surface area contributed by atoms with Crippen LogP contribution in [-0.2, 0) is 25.9 Å². The molecule has 0 saturated carbocycles. The Balaban J connectivity index is 1.58. The summed E-state index contributed by atoms with van der Waals surface area (Å²) in [5.74, 6) is 0.848. The lowest BCUT2D eigenvalue weighted by Crippen LogP contribution is -2.35. The number of methoxy groups -OCH3 is 1. The van der Waals surface area contributed by atoms with Crippen molar-refractivity contribution in [2.24, 2.45) is 0 Å². The number of nitrogens with zero attached hydrogens (tertiary/aromatic N) is 3. The van der Waals surface area contributed by atoms with Gasteiger partial charge in [-0.05, 0) is 36.1 Å². The van der Waals surface area contributed by atoms with E-state index in [0.29, 0.717) is 18.8 Å². The van der Waals surface area contributed by atoms with E-state index in [2.05, 4.69) is 47.3 Å². The number of carbonyl (C=O) groups excluding carboxylic acids is 1. The number of ether oxygens (including phenoxy) is 1. The predicted molar refractivity (Wildman–Crippen MR) is 124 cm³/mol. The van der Waals surface area contributed by atoms with Gasteiger partial charge in [-0.1, -0.05) is 36.4 Å². The minimum absolute atomic E-state index is 0.0459. The van der Waals surface area contributed by atoms with E-state index in [1.54, 1.807) is 26.1 Å². The molecular formula is C25H30N4O2. The zero-order valence-corrected chi connectivity index (χ0v) is 18.5. The second kappa shape index (κ2) is 8.94. The van der Waals surface area contributed by atoms with Crippen molar-refractivity contribution in [1.82, 2.24) is 20.0 Å². The first-order valence-electron chi connectivity index (χ1n) is 10.7. The summed E-state index contributed by atoms with van der Waals surface area (Å²) >= 11 is 0. The van der Waals surface area contributed by atoms with Crippen LogP contribution in [0.15, 0.2) is 49.1 Å². The first-order valence-corrected chi connectivity index (χ1v) is 10.7. The molecule has 2 aromatic carbocycles. The average molecular weight is 419 g/mol. The molecule has 0 spiro atoms. The molecule has 3 aromatic rings. The molecule has 4 rings (SSSR count). The first-order chi connectivity index (χ1) is 15.0. The first kappa shape index (κ1) is 21.1. The number of carbonyl (C=O) groups is 1. The van der Waals surface area contributed by atoms with Gasteiger partial charge in [-0.3, -0.25) is 9.48 Å². The molecule has 162 valence electrons. The lowest BCUT2D eigenvalue weighted by Gasteiger charge is -2.25. The molecule has 1 aliphatic rings. The molecule has 6 nitrogen and oxygen atoms in total. The number of allylic oxidation sites excluding steroid dienone is 1. The van der Waals surface area contributed by atoms with Crippen molar-refractivity contribution < 1.29 is 9.53 Å². The summed E-state index contributed by atoms with van der Waals surface area (Å²) in [6.07, 6.45) is 4.50. The van der Waals surface area contributed by atoms with Gasteiger partial charge in [0.15, 0.2) is 5.69 Å². The number of nitrogens with one attached hydrogen (secondary N) is 1. The highest BCUT2D eigenvalue weighted by molar-refractivity contribution is 5.93. The molecule has 1 amide bonds. The van der Waals surface area contributed by atoms with E-state index >= 15 is 0 Å². The van der Waals surface area contributed by atoms with Crippen LogP contribution in [0.2, 0.25) is 0 Å².